The summed E-state index contributed by atoms with van der Waals surface area (Å²) in [4.78, 5) is 27.2. The quantitative estimate of drug-likeness (QED) is 0.841. The maximum atomic E-state index is 11.7. The van der Waals surface area contributed by atoms with Crippen molar-refractivity contribution in [3.05, 3.63) is 45.4 Å². The molecule has 1 amide bonds. The van der Waals surface area contributed by atoms with E-state index in [2.05, 4.69) is 10.3 Å². The third-order valence-electron chi connectivity index (χ3n) is 2.37. The van der Waals surface area contributed by atoms with Crippen LogP contribution in [-0.2, 0) is 10.5 Å². The Labute approximate surface area is 134 Å². The van der Waals surface area contributed by atoms with Crippen molar-refractivity contribution >= 4 is 52.3 Å². The minimum Gasteiger partial charge on any atom is -0.477 e. The molecule has 0 bridgehead atoms. The Balaban J connectivity index is 1.77. The number of carbonyl (C=O) groups is 2. The molecule has 0 unspecified atom stereocenters. The molecule has 21 heavy (non-hydrogen) atoms. The van der Waals surface area contributed by atoms with Crippen LogP contribution in [0.25, 0.3) is 0 Å². The number of aromatic nitrogens is 1. The standard InChI is InChI=1S/C13H11ClN2O3S2/c14-11-4-2-9(21-11)6-20-7-12(17)16-8-1-3-10(13(18)19)15-5-8/h1-5H,6-7H2,(H,16,17)(H,18,19). The first-order chi connectivity index (χ1) is 10.0. The van der Waals surface area contributed by atoms with E-state index in [1.54, 1.807) is 0 Å². The molecule has 0 aliphatic heterocycles. The number of pyridine rings is 1. The van der Waals surface area contributed by atoms with Crippen molar-refractivity contribution < 1.29 is 14.7 Å². The number of halogens is 1. The summed E-state index contributed by atoms with van der Waals surface area (Å²) in [7, 11) is 0. The molecule has 5 nitrogen and oxygen atoms in total. The van der Waals surface area contributed by atoms with E-state index in [9.17, 15) is 9.59 Å². The van der Waals surface area contributed by atoms with Crippen molar-refractivity contribution in [3.8, 4) is 0 Å². The number of carboxylic acid groups (broad SMARTS) is 1. The zero-order valence-electron chi connectivity index (χ0n) is 10.7. The lowest BCUT2D eigenvalue weighted by Crippen LogP contribution is -2.14. The number of anilines is 1. The second-order valence-electron chi connectivity index (χ2n) is 3.98. The van der Waals surface area contributed by atoms with Crippen LogP contribution in [-0.4, -0.2) is 27.7 Å². The summed E-state index contributed by atoms with van der Waals surface area (Å²) in [6.45, 7) is 0. The number of aromatic carboxylic acids is 1. The van der Waals surface area contributed by atoms with Crippen molar-refractivity contribution in [3.63, 3.8) is 0 Å². The number of nitrogens with zero attached hydrogens (tertiary/aromatic N) is 1. The monoisotopic (exact) mass is 342 g/mol. The summed E-state index contributed by atoms with van der Waals surface area (Å²) in [5.74, 6) is -0.234. The molecule has 0 spiro atoms. The van der Waals surface area contributed by atoms with E-state index in [-0.39, 0.29) is 11.6 Å². The Morgan fingerprint density at radius 2 is 2.14 bits per heavy atom. The third-order valence-corrected chi connectivity index (χ3v) is 4.77. The number of amides is 1. The third kappa shape index (κ3) is 5.04. The predicted octanol–water partition coefficient (Wildman–Crippen LogP) is 3.37. The van der Waals surface area contributed by atoms with Gasteiger partial charge < -0.3 is 10.4 Å². The van der Waals surface area contributed by atoms with Gasteiger partial charge in [0.1, 0.15) is 5.69 Å². The molecule has 8 heteroatoms. The first-order valence-corrected chi connectivity index (χ1v) is 8.20. The second kappa shape index (κ2) is 7.44. The van der Waals surface area contributed by atoms with Crippen LogP contribution in [0.1, 0.15) is 15.4 Å². The lowest BCUT2D eigenvalue weighted by atomic mass is 10.3. The average Bonchev–Trinajstić information content (AvgIpc) is 2.85. The maximum absolute atomic E-state index is 11.7. The molecule has 2 aromatic heterocycles. The van der Waals surface area contributed by atoms with E-state index in [1.165, 1.54) is 41.4 Å². The Morgan fingerprint density at radius 3 is 2.71 bits per heavy atom. The molecule has 0 fully saturated rings. The predicted molar refractivity (Wildman–Crippen MR) is 85.3 cm³/mol. The van der Waals surface area contributed by atoms with Crippen LogP contribution >= 0.6 is 34.7 Å². The largest absolute Gasteiger partial charge is 0.477 e. The van der Waals surface area contributed by atoms with Crippen LogP contribution in [0.5, 0.6) is 0 Å². The van der Waals surface area contributed by atoms with Crippen LogP contribution in [0.2, 0.25) is 4.34 Å². The SMILES string of the molecule is O=C(CSCc1ccc(Cl)s1)Nc1ccc(C(=O)O)nc1. The lowest BCUT2D eigenvalue weighted by Gasteiger charge is -2.04. The van der Waals surface area contributed by atoms with Crippen molar-refractivity contribution in [2.45, 2.75) is 5.75 Å². The molecule has 0 radical (unpaired) electrons. The summed E-state index contributed by atoms with van der Waals surface area (Å²) >= 11 is 8.80. The Bertz CT molecular complexity index is 643. The second-order valence-corrected chi connectivity index (χ2v) is 6.77. The number of thiophene rings is 1. The Morgan fingerprint density at radius 1 is 1.33 bits per heavy atom. The number of carbonyl (C=O) groups excluding carboxylic acids is 1. The van der Waals surface area contributed by atoms with Crippen molar-refractivity contribution in [1.29, 1.82) is 0 Å². The van der Waals surface area contributed by atoms with Gasteiger partial charge in [0.25, 0.3) is 0 Å². The first-order valence-electron chi connectivity index (χ1n) is 5.86. The summed E-state index contributed by atoms with van der Waals surface area (Å²) in [5.41, 5.74) is 0.418. The van der Waals surface area contributed by atoms with Gasteiger partial charge in [-0.25, -0.2) is 9.78 Å². The van der Waals surface area contributed by atoms with Crippen molar-refractivity contribution in [2.75, 3.05) is 11.1 Å². The molecule has 0 saturated heterocycles. The van der Waals surface area contributed by atoms with Gasteiger partial charge in [-0.15, -0.1) is 23.1 Å². The van der Waals surface area contributed by atoms with Crippen LogP contribution in [0.15, 0.2) is 30.5 Å². The molecule has 110 valence electrons. The van der Waals surface area contributed by atoms with Crippen LogP contribution < -0.4 is 5.32 Å². The maximum Gasteiger partial charge on any atom is 0.354 e. The molecule has 2 N–H and O–H groups in total. The van der Waals surface area contributed by atoms with E-state index >= 15 is 0 Å². The zero-order valence-corrected chi connectivity index (χ0v) is 13.1. The van der Waals surface area contributed by atoms with E-state index in [4.69, 9.17) is 16.7 Å². The van der Waals surface area contributed by atoms with Gasteiger partial charge in [-0.3, -0.25) is 4.79 Å². The molecular weight excluding hydrogens is 332 g/mol. The topological polar surface area (TPSA) is 79.3 Å². The van der Waals surface area contributed by atoms with Crippen LogP contribution in [0, 0.1) is 0 Å². The van der Waals surface area contributed by atoms with E-state index in [1.807, 2.05) is 12.1 Å². The van der Waals surface area contributed by atoms with Crippen LogP contribution in [0.4, 0.5) is 5.69 Å². The lowest BCUT2D eigenvalue weighted by molar-refractivity contribution is -0.113. The fourth-order valence-corrected chi connectivity index (χ4v) is 3.49. The van der Waals surface area contributed by atoms with Gasteiger partial charge in [0.05, 0.1) is 22.0 Å². The van der Waals surface area contributed by atoms with Gasteiger partial charge >= 0.3 is 5.97 Å². The number of nitrogens with one attached hydrogen (secondary N) is 1. The average molecular weight is 343 g/mol. The number of hydrogen-bond acceptors (Lipinski definition) is 5. The van der Waals surface area contributed by atoms with E-state index in [0.29, 0.717) is 11.4 Å². The summed E-state index contributed by atoms with van der Waals surface area (Å²) < 4.78 is 0.736. The van der Waals surface area contributed by atoms with Gasteiger partial charge in [0.15, 0.2) is 0 Å². The molecule has 2 aromatic rings. The minimum absolute atomic E-state index is 0.0584. The summed E-state index contributed by atoms with van der Waals surface area (Å²) in [6, 6.07) is 6.63. The molecular formula is C13H11ClN2O3S2. The number of thioether (sulfide) groups is 1. The Hall–Kier alpha value is -1.57. The van der Waals surface area contributed by atoms with E-state index in [0.717, 1.165) is 15.0 Å². The highest BCUT2D eigenvalue weighted by atomic mass is 35.5. The van der Waals surface area contributed by atoms with Gasteiger partial charge in [0.2, 0.25) is 5.91 Å². The highest BCUT2D eigenvalue weighted by molar-refractivity contribution is 7.99. The molecule has 2 rings (SSSR count). The van der Waals surface area contributed by atoms with Gasteiger partial charge in [-0.2, -0.15) is 0 Å². The molecule has 2 heterocycles. The van der Waals surface area contributed by atoms with Crippen LogP contribution in [0.3, 0.4) is 0 Å². The molecule has 0 aliphatic rings. The zero-order chi connectivity index (χ0) is 15.2. The van der Waals surface area contributed by atoms with Gasteiger partial charge in [0, 0.05) is 10.6 Å². The number of carboxylic acids is 1. The molecule has 0 aromatic carbocycles. The van der Waals surface area contributed by atoms with Crippen molar-refractivity contribution in [2.24, 2.45) is 0 Å². The highest BCUT2D eigenvalue weighted by Crippen LogP contribution is 2.25. The fourth-order valence-electron chi connectivity index (χ4n) is 1.47. The van der Waals surface area contributed by atoms with E-state index < -0.39 is 5.97 Å². The van der Waals surface area contributed by atoms with Gasteiger partial charge in [-0.05, 0) is 24.3 Å². The first kappa shape index (κ1) is 15.8. The molecule has 0 atom stereocenters. The smallest absolute Gasteiger partial charge is 0.354 e. The Kier molecular flexibility index (Phi) is 5.60. The summed E-state index contributed by atoms with van der Waals surface area (Å²) in [5, 5.41) is 11.4. The minimum atomic E-state index is -1.10. The van der Waals surface area contributed by atoms with Gasteiger partial charge in [-0.1, -0.05) is 11.6 Å². The molecule has 0 aliphatic carbocycles. The van der Waals surface area contributed by atoms with Crippen molar-refractivity contribution in [1.82, 2.24) is 4.98 Å². The normalized spacial score (nSPS) is 10.3. The summed E-state index contributed by atoms with van der Waals surface area (Å²) in [6.07, 6.45) is 1.32. The number of hydrogen-bond donors (Lipinski definition) is 2. The molecule has 0 saturated carbocycles. The highest BCUT2D eigenvalue weighted by Gasteiger charge is 2.07. The fraction of sp³-hybridized carbons (Fsp3) is 0.154. The number of rotatable bonds is 6.